The van der Waals surface area contributed by atoms with Gasteiger partial charge in [-0.3, -0.25) is 0 Å². The van der Waals surface area contributed by atoms with Crippen LogP contribution in [0.25, 0.3) is 16.9 Å². The van der Waals surface area contributed by atoms with Crippen molar-refractivity contribution in [3.05, 3.63) is 65.1 Å². The van der Waals surface area contributed by atoms with Crippen LogP contribution in [0.4, 0.5) is 24.9 Å². The molecule has 0 amide bonds. The molecule has 0 fully saturated rings. The number of benzene rings is 1. The molecule has 3 aromatic heterocycles. The van der Waals surface area contributed by atoms with Crippen molar-refractivity contribution < 1.29 is 13.2 Å². The van der Waals surface area contributed by atoms with E-state index in [1.165, 1.54) is 12.1 Å². The van der Waals surface area contributed by atoms with Gasteiger partial charge in [0.2, 0.25) is 5.95 Å². The lowest BCUT2D eigenvalue weighted by Crippen LogP contribution is -2.11. The molecule has 0 unspecified atom stereocenters. The normalized spacial score (nSPS) is 11.5. The van der Waals surface area contributed by atoms with Gasteiger partial charge in [0.25, 0.3) is 0 Å². The molecule has 0 atom stereocenters. The van der Waals surface area contributed by atoms with Crippen molar-refractivity contribution in [2.75, 3.05) is 17.6 Å². The quantitative estimate of drug-likeness (QED) is 0.424. The number of halogens is 3. The fourth-order valence-corrected chi connectivity index (χ4v) is 3.31. The summed E-state index contributed by atoms with van der Waals surface area (Å²) >= 11 is 0. The number of fused-ring (bicyclic) bond motifs is 1. The van der Waals surface area contributed by atoms with Crippen molar-refractivity contribution in [3.63, 3.8) is 0 Å². The predicted molar refractivity (Wildman–Crippen MR) is 116 cm³/mol. The molecule has 8 nitrogen and oxygen atoms in total. The molecule has 0 bridgehead atoms. The van der Waals surface area contributed by atoms with Gasteiger partial charge in [0.1, 0.15) is 17.7 Å². The number of alkyl halides is 3. The molecule has 0 aliphatic heterocycles. The van der Waals surface area contributed by atoms with E-state index in [-0.39, 0.29) is 5.82 Å². The van der Waals surface area contributed by atoms with Crippen molar-refractivity contribution in [1.29, 1.82) is 5.26 Å². The van der Waals surface area contributed by atoms with E-state index in [0.29, 0.717) is 53.6 Å². The van der Waals surface area contributed by atoms with Crippen molar-refractivity contribution in [2.24, 2.45) is 0 Å². The first kappa shape index (κ1) is 22.0. The largest absolute Gasteiger partial charge is 0.416 e. The summed E-state index contributed by atoms with van der Waals surface area (Å²) in [7, 11) is 0. The highest BCUT2D eigenvalue weighted by Gasteiger charge is 2.30. The Morgan fingerprint density at radius 2 is 1.85 bits per heavy atom. The first-order valence-corrected chi connectivity index (χ1v) is 10.1. The summed E-state index contributed by atoms with van der Waals surface area (Å²) in [6.07, 6.45) is -3.08. The molecule has 0 saturated heterocycles. The highest BCUT2D eigenvalue weighted by molar-refractivity contribution is 5.66. The first-order valence-electron chi connectivity index (χ1n) is 10.1. The molecule has 1 aromatic carbocycles. The molecule has 0 aliphatic carbocycles. The Hall–Kier alpha value is -4.20. The summed E-state index contributed by atoms with van der Waals surface area (Å²) in [6.45, 7) is 2.27. The number of aryl methyl sites for hydroxylation is 2. The maximum Gasteiger partial charge on any atom is 0.416 e. The zero-order valence-corrected chi connectivity index (χ0v) is 17.6. The Bertz CT molecular complexity index is 1340. The van der Waals surface area contributed by atoms with E-state index < -0.39 is 11.7 Å². The van der Waals surface area contributed by atoms with Gasteiger partial charge in [-0.05, 0) is 44.0 Å². The van der Waals surface area contributed by atoms with Crippen LogP contribution in [-0.4, -0.2) is 31.1 Å². The molecule has 0 saturated carbocycles. The summed E-state index contributed by atoms with van der Waals surface area (Å²) in [5, 5.41) is 16.5. The lowest BCUT2D eigenvalue weighted by Gasteiger charge is -2.11. The number of nitrogen functional groups attached to an aromatic ring is 1. The molecule has 0 spiro atoms. The maximum absolute atomic E-state index is 12.9. The topological polar surface area (TPSA) is 118 Å². The van der Waals surface area contributed by atoms with E-state index in [1.54, 1.807) is 29.6 Å². The van der Waals surface area contributed by atoms with Gasteiger partial charge < -0.3 is 11.1 Å². The van der Waals surface area contributed by atoms with Gasteiger partial charge in [-0.1, -0.05) is 12.1 Å². The number of nitriles is 1. The monoisotopic (exact) mass is 452 g/mol. The number of anilines is 2. The molecule has 3 N–H and O–H groups in total. The van der Waals surface area contributed by atoms with Crippen LogP contribution in [0.2, 0.25) is 0 Å². The van der Waals surface area contributed by atoms with Gasteiger partial charge in [-0.2, -0.15) is 22.9 Å². The van der Waals surface area contributed by atoms with Gasteiger partial charge in [0.05, 0.1) is 16.8 Å². The summed E-state index contributed by atoms with van der Waals surface area (Å²) in [4.78, 5) is 13.1. The van der Waals surface area contributed by atoms with Crippen molar-refractivity contribution >= 4 is 17.4 Å². The van der Waals surface area contributed by atoms with Crippen LogP contribution in [0.1, 0.15) is 29.1 Å². The van der Waals surface area contributed by atoms with Crippen LogP contribution < -0.4 is 11.1 Å². The molecule has 4 rings (SSSR count). The van der Waals surface area contributed by atoms with Gasteiger partial charge in [-0.25, -0.2) is 15.0 Å². The van der Waals surface area contributed by atoms with Crippen molar-refractivity contribution in [2.45, 2.75) is 25.9 Å². The summed E-state index contributed by atoms with van der Waals surface area (Å²) in [5.41, 5.74) is 7.68. The van der Waals surface area contributed by atoms with Crippen molar-refractivity contribution in [3.8, 4) is 17.3 Å². The fraction of sp³-hybridized carbons (Fsp3) is 0.227. The number of hydrogen-bond donors (Lipinski definition) is 2. The second kappa shape index (κ2) is 8.74. The zero-order chi connectivity index (χ0) is 23.6. The van der Waals surface area contributed by atoms with E-state index >= 15 is 0 Å². The number of rotatable bonds is 6. The minimum absolute atomic E-state index is 0.202. The Balaban J connectivity index is 1.52. The standard InChI is InChI=1S/C22H19F3N8/c1-13-29-19-11-18(14-4-7-16(8-5-14)22(23,24)25)31-21(33(19)32-13)28-10-2-3-17-9-6-15(12-26)20(27)30-17/h4-9,11H,2-3,10H2,1H3,(H2,27,30)(H,28,31). The number of aromatic nitrogens is 5. The molecule has 11 heteroatoms. The van der Waals surface area contributed by atoms with Crippen LogP contribution in [0.5, 0.6) is 0 Å². The summed E-state index contributed by atoms with van der Waals surface area (Å²) in [5.74, 6) is 1.17. The smallest absolute Gasteiger partial charge is 0.383 e. The molecule has 0 aliphatic rings. The van der Waals surface area contributed by atoms with Crippen LogP contribution >= 0.6 is 0 Å². The van der Waals surface area contributed by atoms with Crippen LogP contribution in [0.3, 0.4) is 0 Å². The summed E-state index contributed by atoms with van der Waals surface area (Å²) in [6, 6.07) is 11.9. The Labute approximate surface area is 186 Å². The van der Waals surface area contributed by atoms with Gasteiger partial charge in [0.15, 0.2) is 5.65 Å². The third-order valence-electron chi connectivity index (χ3n) is 4.93. The van der Waals surface area contributed by atoms with E-state index in [4.69, 9.17) is 11.0 Å². The molecule has 33 heavy (non-hydrogen) atoms. The lowest BCUT2D eigenvalue weighted by molar-refractivity contribution is -0.137. The molecule has 4 aromatic rings. The third kappa shape index (κ3) is 4.85. The summed E-state index contributed by atoms with van der Waals surface area (Å²) < 4.78 is 40.2. The number of hydrogen-bond acceptors (Lipinski definition) is 7. The lowest BCUT2D eigenvalue weighted by atomic mass is 10.1. The molecular formula is C22H19F3N8. The van der Waals surface area contributed by atoms with Gasteiger partial charge in [0, 0.05) is 23.9 Å². The maximum atomic E-state index is 12.9. The zero-order valence-electron chi connectivity index (χ0n) is 17.6. The SMILES string of the molecule is Cc1nc2cc(-c3ccc(C(F)(F)F)cc3)nc(NCCCc3ccc(C#N)c(N)n3)n2n1. The minimum Gasteiger partial charge on any atom is -0.383 e. The van der Waals surface area contributed by atoms with Gasteiger partial charge in [-0.15, -0.1) is 5.10 Å². The second-order valence-electron chi connectivity index (χ2n) is 7.35. The third-order valence-corrected chi connectivity index (χ3v) is 4.93. The first-order chi connectivity index (χ1) is 15.7. The van der Waals surface area contributed by atoms with E-state index in [1.807, 2.05) is 6.07 Å². The molecule has 0 radical (unpaired) electrons. The van der Waals surface area contributed by atoms with E-state index in [0.717, 1.165) is 17.8 Å². The Kier molecular flexibility index (Phi) is 5.83. The Morgan fingerprint density at radius 3 is 2.52 bits per heavy atom. The second-order valence-corrected chi connectivity index (χ2v) is 7.35. The highest BCUT2D eigenvalue weighted by Crippen LogP contribution is 2.31. The average molecular weight is 452 g/mol. The molecule has 3 heterocycles. The van der Waals surface area contributed by atoms with Crippen LogP contribution in [-0.2, 0) is 12.6 Å². The molecule has 168 valence electrons. The number of pyridine rings is 1. The number of nitrogens with one attached hydrogen (secondary N) is 1. The van der Waals surface area contributed by atoms with E-state index in [2.05, 4.69) is 25.4 Å². The number of nitrogens with two attached hydrogens (primary N) is 1. The molecular weight excluding hydrogens is 433 g/mol. The van der Waals surface area contributed by atoms with Crippen LogP contribution in [0, 0.1) is 18.3 Å². The highest BCUT2D eigenvalue weighted by atomic mass is 19.4. The van der Waals surface area contributed by atoms with E-state index in [9.17, 15) is 13.2 Å². The predicted octanol–water partition coefficient (Wildman–Crippen LogP) is 4.01. The van der Waals surface area contributed by atoms with Crippen molar-refractivity contribution in [1.82, 2.24) is 24.6 Å². The average Bonchev–Trinajstić information content (AvgIpc) is 3.16. The van der Waals surface area contributed by atoms with Crippen LogP contribution in [0.15, 0.2) is 42.5 Å². The minimum atomic E-state index is -4.40. The van der Waals surface area contributed by atoms with Gasteiger partial charge >= 0.3 is 6.18 Å². The number of nitrogens with zero attached hydrogens (tertiary/aromatic N) is 6. The fourth-order valence-electron chi connectivity index (χ4n) is 3.31. The Morgan fingerprint density at radius 1 is 1.09 bits per heavy atom.